The van der Waals surface area contributed by atoms with Gasteiger partial charge in [-0.1, -0.05) is 45.0 Å². The van der Waals surface area contributed by atoms with Crippen LogP contribution in [0, 0.1) is 11.8 Å². The van der Waals surface area contributed by atoms with Crippen LogP contribution in [0.4, 0.5) is 0 Å². The topological polar surface area (TPSA) is 85.2 Å². The zero-order valence-electron chi connectivity index (χ0n) is 18.7. The average molecular weight is 458 g/mol. The van der Waals surface area contributed by atoms with Crippen LogP contribution < -0.4 is 0 Å². The van der Waals surface area contributed by atoms with Gasteiger partial charge in [-0.05, 0) is 31.4 Å². The normalized spacial score (nSPS) is 21.9. The predicted octanol–water partition coefficient (Wildman–Crippen LogP) is 5.15. The number of hydrogen-bond acceptors (Lipinski definition) is 8. The highest BCUT2D eigenvalue weighted by Crippen LogP contribution is 2.39. The highest BCUT2D eigenvalue weighted by Gasteiger charge is 2.43. The smallest absolute Gasteiger partial charge is 0.316 e. The summed E-state index contributed by atoms with van der Waals surface area (Å²) in [5.74, 6) is -1.13. The minimum atomic E-state index is -0.874. The molecule has 1 aliphatic carbocycles. The fourth-order valence-corrected chi connectivity index (χ4v) is 6.42. The highest BCUT2D eigenvalue weighted by molar-refractivity contribution is 8.17. The molecule has 0 saturated carbocycles. The van der Waals surface area contributed by atoms with Crippen molar-refractivity contribution in [3.8, 4) is 0 Å². The molecule has 0 aliphatic heterocycles. The van der Waals surface area contributed by atoms with Crippen LogP contribution in [-0.2, 0) is 19.2 Å². The summed E-state index contributed by atoms with van der Waals surface area (Å²) in [5, 5.41) is 15.3. The Kier molecular flexibility index (Phi) is 12.3. The molecule has 0 aromatic carbocycles. The van der Waals surface area contributed by atoms with Crippen LogP contribution in [0.25, 0.3) is 0 Å². The van der Waals surface area contributed by atoms with Crippen molar-refractivity contribution in [1.29, 1.82) is 0 Å². The van der Waals surface area contributed by atoms with Gasteiger partial charge in [0.25, 0.3) is 0 Å². The van der Waals surface area contributed by atoms with Crippen molar-refractivity contribution >= 4 is 41.0 Å². The van der Waals surface area contributed by atoms with E-state index >= 15 is 0 Å². The molecule has 1 rings (SSSR count). The number of ether oxygens (including phenoxy) is 1. The summed E-state index contributed by atoms with van der Waals surface area (Å²) in [5.41, 5.74) is 0.465. The Balaban J connectivity index is 3.20. The molecule has 4 atom stereocenters. The van der Waals surface area contributed by atoms with E-state index in [0.29, 0.717) is 29.6 Å². The number of esters is 1. The number of allylic oxidation sites excluding steroid dienone is 1. The van der Waals surface area contributed by atoms with Gasteiger partial charge in [-0.15, -0.1) is 23.5 Å². The standard InChI is InChI=1S/C22H35NO5S2/c1-7-10-17(23-28-11-8-2)20-18(24)13-16(19(21(20)25)22(26)27-6)12-14(4)30-15(5)29-9-3/h8,14-16,19,25H,2,7,9-13H2,1,3-6H3. The molecule has 6 nitrogen and oxygen atoms in total. The number of carbonyl (C=O) groups is 2. The number of aliphatic hydroxyl groups excluding tert-OH is 1. The van der Waals surface area contributed by atoms with Crippen LogP contribution in [-0.4, -0.2) is 51.9 Å². The molecule has 0 spiro atoms. The molecule has 8 heteroatoms. The summed E-state index contributed by atoms with van der Waals surface area (Å²) in [6.07, 6.45) is 3.53. The van der Waals surface area contributed by atoms with E-state index in [-0.39, 0.29) is 41.3 Å². The first kappa shape index (κ1) is 26.6. The van der Waals surface area contributed by atoms with Gasteiger partial charge in [-0.25, -0.2) is 0 Å². The minimum Gasteiger partial charge on any atom is -0.511 e. The first-order valence-electron chi connectivity index (χ1n) is 10.4. The molecule has 0 aromatic heterocycles. The third kappa shape index (κ3) is 7.69. The number of methoxy groups -OCH3 is 1. The third-order valence-electron chi connectivity index (χ3n) is 4.81. The number of rotatable bonds is 13. The van der Waals surface area contributed by atoms with Crippen molar-refractivity contribution in [2.75, 3.05) is 19.5 Å². The van der Waals surface area contributed by atoms with E-state index in [4.69, 9.17) is 9.57 Å². The fraction of sp³-hybridized carbons (Fsp3) is 0.682. The van der Waals surface area contributed by atoms with Crippen molar-refractivity contribution in [2.45, 2.75) is 63.2 Å². The molecule has 0 amide bonds. The second-order valence-electron chi connectivity index (χ2n) is 7.23. The van der Waals surface area contributed by atoms with Crippen LogP contribution in [0.2, 0.25) is 0 Å². The fourth-order valence-electron chi connectivity index (χ4n) is 3.64. The molecule has 1 N–H and O–H groups in total. The lowest BCUT2D eigenvalue weighted by Crippen LogP contribution is -2.37. The van der Waals surface area contributed by atoms with Gasteiger partial charge in [0, 0.05) is 16.3 Å². The lowest BCUT2D eigenvalue weighted by molar-refractivity contribution is -0.147. The average Bonchev–Trinajstić information content (AvgIpc) is 2.67. The molecular formula is C22H35NO5S2. The summed E-state index contributed by atoms with van der Waals surface area (Å²) in [7, 11) is 1.30. The number of nitrogens with zero attached hydrogens (tertiary/aromatic N) is 1. The van der Waals surface area contributed by atoms with Crippen molar-refractivity contribution < 1.29 is 24.3 Å². The largest absolute Gasteiger partial charge is 0.511 e. The number of thioether (sulfide) groups is 2. The Hall–Kier alpha value is -1.41. The van der Waals surface area contributed by atoms with Crippen LogP contribution in [0.15, 0.2) is 29.1 Å². The van der Waals surface area contributed by atoms with Gasteiger partial charge >= 0.3 is 5.97 Å². The van der Waals surface area contributed by atoms with Gasteiger partial charge < -0.3 is 14.7 Å². The molecule has 0 bridgehead atoms. The molecule has 1 aliphatic rings. The molecule has 0 fully saturated rings. The number of carbonyl (C=O) groups excluding carboxylic acids is 2. The van der Waals surface area contributed by atoms with Crippen LogP contribution in [0.3, 0.4) is 0 Å². The molecule has 4 unspecified atom stereocenters. The zero-order valence-corrected chi connectivity index (χ0v) is 20.3. The number of hydrogen-bond donors (Lipinski definition) is 1. The van der Waals surface area contributed by atoms with Gasteiger partial charge in [0.2, 0.25) is 0 Å². The van der Waals surface area contributed by atoms with Crippen molar-refractivity contribution in [1.82, 2.24) is 0 Å². The van der Waals surface area contributed by atoms with E-state index in [1.165, 1.54) is 7.11 Å². The zero-order chi connectivity index (χ0) is 22.7. The number of aliphatic hydroxyl groups is 1. The molecular weight excluding hydrogens is 422 g/mol. The van der Waals surface area contributed by atoms with Gasteiger partial charge in [0.15, 0.2) is 5.78 Å². The Morgan fingerprint density at radius 2 is 2.10 bits per heavy atom. The Morgan fingerprint density at radius 1 is 1.40 bits per heavy atom. The summed E-state index contributed by atoms with van der Waals surface area (Å²) >= 11 is 3.68. The predicted molar refractivity (Wildman–Crippen MR) is 126 cm³/mol. The van der Waals surface area contributed by atoms with Gasteiger partial charge in [-0.3, -0.25) is 9.59 Å². The Bertz CT molecular complexity index is 662. The lowest BCUT2D eigenvalue weighted by atomic mass is 9.74. The quantitative estimate of drug-likeness (QED) is 0.102. The first-order valence-corrected chi connectivity index (χ1v) is 12.4. The van der Waals surface area contributed by atoms with Gasteiger partial charge in [-0.2, -0.15) is 0 Å². The Morgan fingerprint density at radius 3 is 2.67 bits per heavy atom. The van der Waals surface area contributed by atoms with E-state index in [2.05, 4.69) is 32.5 Å². The minimum absolute atomic E-state index is 0.0998. The van der Waals surface area contributed by atoms with Crippen molar-refractivity contribution in [2.24, 2.45) is 17.0 Å². The molecule has 0 aromatic rings. The summed E-state index contributed by atoms with van der Waals surface area (Å²) < 4.78 is 5.40. The Labute approximate surface area is 188 Å². The van der Waals surface area contributed by atoms with Crippen molar-refractivity contribution in [3.63, 3.8) is 0 Å². The molecule has 0 radical (unpaired) electrons. The number of Topliss-reactive ketones (excluding diaryl/α,β-unsaturated/α-hetero) is 1. The second kappa shape index (κ2) is 13.8. The maximum Gasteiger partial charge on any atom is 0.316 e. The maximum absolute atomic E-state index is 13.0. The SMILES string of the molecule is C=CCON=C(CCC)C1=C(O)C(C(=O)OC)C(CC(C)SC(C)SCC)CC1=O. The second-order valence-corrected chi connectivity index (χ2v) is 10.9. The van der Waals surface area contributed by atoms with Crippen LogP contribution in [0.1, 0.15) is 53.4 Å². The van der Waals surface area contributed by atoms with Gasteiger partial charge in [0.05, 0.1) is 18.4 Å². The van der Waals surface area contributed by atoms with E-state index < -0.39 is 11.9 Å². The molecule has 0 heterocycles. The highest BCUT2D eigenvalue weighted by atomic mass is 32.2. The summed E-state index contributed by atoms with van der Waals surface area (Å²) in [6.45, 7) is 12.1. The van der Waals surface area contributed by atoms with Gasteiger partial charge in [0.1, 0.15) is 18.3 Å². The first-order chi connectivity index (χ1) is 14.3. The van der Waals surface area contributed by atoms with Crippen molar-refractivity contribution in [3.05, 3.63) is 24.0 Å². The third-order valence-corrected chi connectivity index (χ3v) is 7.39. The van der Waals surface area contributed by atoms with Crippen LogP contribution in [0.5, 0.6) is 0 Å². The summed E-state index contributed by atoms with van der Waals surface area (Å²) in [4.78, 5) is 30.7. The summed E-state index contributed by atoms with van der Waals surface area (Å²) in [6, 6.07) is 0. The monoisotopic (exact) mass is 457 g/mol. The lowest BCUT2D eigenvalue weighted by Gasteiger charge is -2.32. The maximum atomic E-state index is 13.0. The number of oxime groups is 1. The van der Waals surface area contributed by atoms with E-state index in [0.717, 1.165) is 5.75 Å². The molecule has 170 valence electrons. The van der Waals surface area contributed by atoms with E-state index in [1.807, 2.05) is 30.4 Å². The van der Waals surface area contributed by atoms with Crippen LogP contribution >= 0.6 is 23.5 Å². The molecule has 0 saturated heterocycles. The molecule has 30 heavy (non-hydrogen) atoms. The number of ketones is 1. The van der Waals surface area contributed by atoms with E-state index in [1.54, 1.807) is 6.08 Å². The van der Waals surface area contributed by atoms with E-state index in [9.17, 15) is 14.7 Å².